The van der Waals surface area contributed by atoms with E-state index < -0.39 is 0 Å². The molecule has 2 aromatic carbocycles. The van der Waals surface area contributed by atoms with Crippen molar-refractivity contribution in [2.75, 3.05) is 45.3 Å². The third kappa shape index (κ3) is 5.91. The molecule has 0 bridgehead atoms. The average molecular weight is 429 g/mol. The van der Waals surface area contributed by atoms with Crippen molar-refractivity contribution in [1.29, 1.82) is 5.26 Å². The number of nitrogens with two attached hydrogens (primary N) is 1. The average Bonchev–Trinajstić information content (AvgIpc) is 2.79. The molecule has 0 aliphatic heterocycles. The Morgan fingerprint density at radius 1 is 1.09 bits per heavy atom. The molecule has 0 aliphatic carbocycles. The van der Waals surface area contributed by atoms with E-state index in [1.54, 1.807) is 42.6 Å². The lowest BCUT2D eigenvalue weighted by atomic mass is 10.0. The number of rotatable bonds is 8. The third-order valence-corrected chi connectivity index (χ3v) is 5.08. The maximum atomic E-state index is 12.5. The minimum Gasteiger partial charge on any atom is -0.397 e. The summed E-state index contributed by atoms with van der Waals surface area (Å²) < 4.78 is 0. The van der Waals surface area contributed by atoms with Gasteiger partial charge in [-0.15, -0.1) is 0 Å². The lowest BCUT2D eigenvalue weighted by molar-refractivity contribution is 0.102. The standard InChI is InChI=1S/C25H28N6O/c1-30(2)12-13-31(3)17-18-14-21(15-26)24(28-16-18)19-8-10-20(11-9-19)25(32)29-23-7-5-4-6-22(23)27/h4-11,14,16H,12-13,17,27H2,1-3H3,(H,29,32). The first kappa shape index (κ1) is 22.9. The molecular weight excluding hydrogens is 400 g/mol. The molecule has 0 unspecified atom stereocenters. The van der Waals surface area contributed by atoms with E-state index in [2.05, 4.69) is 33.2 Å². The van der Waals surface area contributed by atoms with Crippen molar-refractivity contribution in [2.24, 2.45) is 0 Å². The van der Waals surface area contributed by atoms with Gasteiger partial charge in [0.25, 0.3) is 5.91 Å². The quantitative estimate of drug-likeness (QED) is 0.533. The van der Waals surface area contributed by atoms with Crippen LogP contribution in [0.3, 0.4) is 0 Å². The Morgan fingerprint density at radius 2 is 1.81 bits per heavy atom. The van der Waals surface area contributed by atoms with Crippen LogP contribution in [0.5, 0.6) is 0 Å². The first-order valence-electron chi connectivity index (χ1n) is 10.4. The molecule has 7 nitrogen and oxygen atoms in total. The van der Waals surface area contributed by atoms with E-state index in [0.29, 0.717) is 28.2 Å². The van der Waals surface area contributed by atoms with Crippen LogP contribution < -0.4 is 11.1 Å². The van der Waals surface area contributed by atoms with Crippen molar-refractivity contribution in [3.05, 3.63) is 77.5 Å². The molecule has 0 radical (unpaired) electrons. The number of benzene rings is 2. The predicted octanol–water partition coefficient (Wildman–Crippen LogP) is 3.45. The van der Waals surface area contributed by atoms with Crippen LogP contribution in [-0.4, -0.2) is 54.9 Å². The molecule has 32 heavy (non-hydrogen) atoms. The van der Waals surface area contributed by atoms with Crippen LogP contribution in [-0.2, 0) is 6.54 Å². The summed E-state index contributed by atoms with van der Waals surface area (Å²) in [6.45, 7) is 2.61. The summed E-state index contributed by atoms with van der Waals surface area (Å²) in [4.78, 5) is 21.4. The fourth-order valence-corrected chi connectivity index (χ4v) is 3.26. The van der Waals surface area contributed by atoms with Gasteiger partial charge in [-0.25, -0.2) is 0 Å². The molecule has 0 saturated heterocycles. The number of carbonyl (C=O) groups is 1. The summed E-state index contributed by atoms with van der Waals surface area (Å²) in [6, 6.07) is 18.3. The molecular formula is C25H28N6O. The van der Waals surface area contributed by atoms with Gasteiger partial charge in [0.05, 0.1) is 22.6 Å². The predicted molar refractivity (Wildman–Crippen MR) is 128 cm³/mol. The summed E-state index contributed by atoms with van der Waals surface area (Å²) in [6.07, 6.45) is 1.81. The lowest BCUT2D eigenvalue weighted by Gasteiger charge is -2.19. The number of aromatic nitrogens is 1. The minimum absolute atomic E-state index is 0.251. The topological polar surface area (TPSA) is 98.3 Å². The highest BCUT2D eigenvalue weighted by Gasteiger charge is 2.12. The van der Waals surface area contributed by atoms with Crippen LogP contribution in [0.25, 0.3) is 11.3 Å². The second-order valence-electron chi connectivity index (χ2n) is 8.01. The van der Waals surface area contributed by atoms with Gasteiger partial charge < -0.3 is 20.9 Å². The van der Waals surface area contributed by atoms with Crippen LogP contribution in [0.15, 0.2) is 60.8 Å². The van der Waals surface area contributed by atoms with Gasteiger partial charge in [0, 0.05) is 37.0 Å². The van der Waals surface area contributed by atoms with Crippen molar-refractivity contribution < 1.29 is 4.79 Å². The van der Waals surface area contributed by atoms with Gasteiger partial charge in [-0.05, 0) is 57.0 Å². The first-order valence-corrected chi connectivity index (χ1v) is 10.4. The van der Waals surface area contributed by atoms with Crippen LogP contribution >= 0.6 is 0 Å². The molecule has 1 heterocycles. The number of likely N-dealkylation sites (N-methyl/N-ethyl adjacent to an activating group) is 2. The van der Waals surface area contributed by atoms with E-state index in [0.717, 1.165) is 30.8 Å². The molecule has 0 atom stereocenters. The van der Waals surface area contributed by atoms with E-state index in [1.807, 2.05) is 32.3 Å². The first-order chi connectivity index (χ1) is 15.4. The second-order valence-corrected chi connectivity index (χ2v) is 8.01. The number of amides is 1. The largest absolute Gasteiger partial charge is 0.397 e. The molecule has 3 aromatic rings. The zero-order valence-corrected chi connectivity index (χ0v) is 18.7. The Balaban J connectivity index is 1.73. The maximum Gasteiger partial charge on any atom is 0.255 e. The van der Waals surface area contributed by atoms with Crippen molar-refractivity contribution >= 4 is 17.3 Å². The van der Waals surface area contributed by atoms with Crippen molar-refractivity contribution in [2.45, 2.75) is 6.54 Å². The normalized spacial score (nSPS) is 10.9. The third-order valence-electron chi connectivity index (χ3n) is 5.08. The number of nitrogens with one attached hydrogen (secondary N) is 1. The van der Waals surface area contributed by atoms with Gasteiger partial charge in [0.15, 0.2) is 0 Å². The van der Waals surface area contributed by atoms with Gasteiger partial charge in [0.2, 0.25) is 0 Å². The van der Waals surface area contributed by atoms with Gasteiger partial charge in [-0.3, -0.25) is 9.78 Å². The zero-order chi connectivity index (χ0) is 23.1. The number of nitrogens with zero attached hydrogens (tertiary/aromatic N) is 4. The number of para-hydroxylation sites is 2. The number of nitrogen functional groups attached to an aromatic ring is 1. The molecule has 7 heteroatoms. The lowest BCUT2D eigenvalue weighted by Crippen LogP contribution is -2.28. The van der Waals surface area contributed by atoms with Crippen molar-refractivity contribution in [3.8, 4) is 17.3 Å². The summed E-state index contributed by atoms with van der Waals surface area (Å²) in [5, 5.41) is 12.5. The van der Waals surface area contributed by atoms with Gasteiger partial charge >= 0.3 is 0 Å². The van der Waals surface area contributed by atoms with E-state index in [-0.39, 0.29) is 5.91 Å². The van der Waals surface area contributed by atoms with E-state index >= 15 is 0 Å². The number of hydrogen-bond donors (Lipinski definition) is 2. The number of carbonyl (C=O) groups excluding carboxylic acids is 1. The second kappa shape index (κ2) is 10.5. The smallest absolute Gasteiger partial charge is 0.255 e. The molecule has 0 spiro atoms. The Kier molecular flexibility index (Phi) is 7.55. The van der Waals surface area contributed by atoms with Crippen LogP contribution in [0.1, 0.15) is 21.5 Å². The molecule has 3 rings (SSSR count). The Bertz CT molecular complexity index is 1120. The summed E-state index contributed by atoms with van der Waals surface area (Å²) in [5.74, 6) is -0.251. The van der Waals surface area contributed by atoms with E-state index in [1.165, 1.54) is 0 Å². The Hall–Kier alpha value is -3.73. The van der Waals surface area contributed by atoms with Crippen molar-refractivity contribution in [1.82, 2.24) is 14.8 Å². The Labute approximate surface area is 189 Å². The zero-order valence-electron chi connectivity index (χ0n) is 18.7. The summed E-state index contributed by atoms with van der Waals surface area (Å²) in [5.41, 5.74) is 10.4. The number of anilines is 2. The monoisotopic (exact) mass is 428 g/mol. The number of hydrogen-bond acceptors (Lipinski definition) is 6. The van der Waals surface area contributed by atoms with E-state index in [9.17, 15) is 10.1 Å². The summed E-state index contributed by atoms with van der Waals surface area (Å²) in [7, 11) is 6.14. The SMILES string of the molecule is CN(C)CCN(C)Cc1cnc(-c2ccc(C(=O)Nc3ccccc3N)cc2)c(C#N)c1. The van der Waals surface area contributed by atoms with Crippen LogP contribution in [0, 0.1) is 11.3 Å². The molecule has 3 N–H and O–H groups in total. The highest BCUT2D eigenvalue weighted by molar-refractivity contribution is 6.05. The van der Waals surface area contributed by atoms with Gasteiger partial charge in [-0.1, -0.05) is 24.3 Å². The van der Waals surface area contributed by atoms with Gasteiger partial charge in [-0.2, -0.15) is 5.26 Å². The fraction of sp³-hybridized carbons (Fsp3) is 0.240. The van der Waals surface area contributed by atoms with Crippen molar-refractivity contribution in [3.63, 3.8) is 0 Å². The van der Waals surface area contributed by atoms with E-state index in [4.69, 9.17) is 5.73 Å². The highest BCUT2D eigenvalue weighted by Crippen LogP contribution is 2.24. The maximum absolute atomic E-state index is 12.5. The fourth-order valence-electron chi connectivity index (χ4n) is 3.26. The van der Waals surface area contributed by atoms with Crippen LogP contribution in [0.4, 0.5) is 11.4 Å². The molecule has 164 valence electrons. The number of pyridine rings is 1. The molecule has 0 fully saturated rings. The molecule has 1 amide bonds. The van der Waals surface area contributed by atoms with Gasteiger partial charge in [0.1, 0.15) is 6.07 Å². The highest BCUT2D eigenvalue weighted by atomic mass is 16.1. The molecule has 0 aliphatic rings. The van der Waals surface area contributed by atoms with Crippen LogP contribution in [0.2, 0.25) is 0 Å². The molecule has 1 aromatic heterocycles. The summed E-state index contributed by atoms with van der Waals surface area (Å²) >= 11 is 0. The molecule has 0 saturated carbocycles. The number of nitriles is 1. The minimum atomic E-state index is -0.251. The Morgan fingerprint density at radius 3 is 2.47 bits per heavy atom.